The summed E-state index contributed by atoms with van der Waals surface area (Å²) in [4.78, 5) is 7.80. The van der Waals surface area contributed by atoms with Gasteiger partial charge in [-0.05, 0) is 24.3 Å². The zero-order chi connectivity index (χ0) is 12.3. The molecule has 6 heteroatoms. The van der Waals surface area contributed by atoms with Crippen LogP contribution in [0.2, 0.25) is 0 Å². The van der Waals surface area contributed by atoms with Crippen molar-refractivity contribution in [1.82, 2.24) is 9.97 Å². The first-order chi connectivity index (χ1) is 8.15. The highest BCUT2D eigenvalue weighted by atomic mass is 19.1. The number of nitrogens with two attached hydrogens (primary N) is 1. The van der Waals surface area contributed by atoms with Crippen LogP contribution in [-0.4, -0.2) is 15.8 Å². The Morgan fingerprint density at radius 1 is 1.18 bits per heavy atom. The van der Waals surface area contributed by atoms with E-state index < -0.39 is 0 Å². The number of halogens is 1. The lowest BCUT2D eigenvalue weighted by Gasteiger charge is -2.04. The largest absolute Gasteiger partial charge is 0.438 e. The molecule has 0 aliphatic heterocycles. The van der Waals surface area contributed by atoms with Gasteiger partial charge in [0.2, 0.25) is 5.88 Å². The van der Waals surface area contributed by atoms with Gasteiger partial charge in [-0.2, -0.15) is 0 Å². The number of rotatable bonds is 3. The van der Waals surface area contributed by atoms with Crippen molar-refractivity contribution in [3.8, 4) is 11.6 Å². The quantitative estimate of drug-likeness (QED) is 0.623. The molecule has 17 heavy (non-hydrogen) atoms. The van der Waals surface area contributed by atoms with Crippen molar-refractivity contribution >= 4 is 5.84 Å². The van der Waals surface area contributed by atoms with Crippen LogP contribution in [0, 0.1) is 11.2 Å². The van der Waals surface area contributed by atoms with Gasteiger partial charge in [0.05, 0.1) is 12.4 Å². The van der Waals surface area contributed by atoms with E-state index >= 15 is 0 Å². The smallest absolute Gasteiger partial charge is 0.237 e. The molecule has 0 aliphatic carbocycles. The topological polar surface area (TPSA) is 84.9 Å². The Balaban J connectivity index is 2.13. The van der Waals surface area contributed by atoms with E-state index in [2.05, 4.69) is 9.97 Å². The Morgan fingerprint density at radius 3 is 2.41 bits per heavy atom. The molecule has 0 aliphatic rings. The number of nitrogens with one attached hydrogen (secondary N) is 1. The molecule has 86 valence electrons. The molecule has 2 aromatic rings. The van der Waals surface area contributed by atoms with Crippen LogP contribution >= 0.6 is 0 Å². The van der Waals surface area contributed by atoms with Crippen molar-refractivity contribution in [3.05, 3.63) is 48.2 Å². The summed E-state index contributed by atoms with van der Waals surface area (Å²) in [7, 11) is 0. The van der Waals surface area contributed by atoms with E-state index in [4.69, 9.17) is 15.9 Å². The van der Waals surface area contributed by atoms with Crippen LogP contribution in [0.25, 0.3) is 0 Å². The lowest BCUT2D eigenvalue weighted by molar-refractivity contribution is 0.458. The number of benzene rings is 1. The van der Waals surface area contributed by atoms with E-state index in [0.717, 1.165) is 0 Å². The predicted octanol–water partition coefficient (Wildman–Crippen LogP) is 1.69. The molecule has 1 aromatic heterocycles. The summed E-state index contributed by atoms with van der Waals surface area (Å²) in [5.41, 5.74) is 5.51. The summed E-state index contributed by atoms with van der Waals surface area (Å²) < 4.78 is 18.0. The zero-order valence-corrected chi connectivity index (χ0v) is 8.72. The van der Waals surface area contributed by atoms with Crippen molar-refractivity contribution in [2.24, 2.45) is 5.73 Å². The van der Waals surface area contributed by atoms with Crippen molar-refractivity contribution in [2.45, 2.75) is 0 Å². The monoisotopic (exact) mass is 232 g/mol. The fourth-order valence-electron chi connectivity index (χ4n) is 1.13. The van der Waals surface area contributed by atoms with E-state index in [1.54, 1.807) is 0 Å². The first-order valence-corrected chi connectivity index (χ1v) is 4.75. The van der Waals surface area contributed by atoms with E-state index in [0.29, 0.717) is 5.75 Å². The molecule has 2 rings (SSSR count). The SMILES string of the molecule is N=C(N)c1cnc(Oc2ccc(F)cc2)cn1. The fraction of sp³-hybridized carbons (Fsp3) is 0. The number of aromatic nitrogens is 2. The minimum Gasteiger partial charge on any atom is -0.438 e. The first-order valence-electron chi connectivity index (χ1n) is 4.75. The number of hydrogen-bond acceptors (Lipinski definition) is 4. The van der Waals surface area contributed by atoms with Gasteiger partial charge in [-0.25, -0.2) is 14.4 Å². The third-order valence-electron chi connectivity index (χ3n) is 1.94. The second kappa shape index (κ2) is 4.56. The molecule has 0 unspecified atom stereocenters. The Kier molecular flexibility index (Phi) is 2.95. The van der Waals surface area contributed by atoms with Crippen molar-refractivity contribution in [2.75, 3.05) is 0 Å². The van der Waals surface area contributed by atoms with Crippen LogP contribution in [0.1, 0.15) is 5.69 Å². The molecule has 0 radical (unpaired) electrons. The maximum absolute atomic E-state index is 12.6. The molecule has 0 spiro atoms. The molecule has 0 saturated carbocycles. The van der Waals surface area contributed by atoms with Gasteiger partial charge in [-0.15, -0.1) is 0 Å². The van der Waals surface area contributed by atoms with Crippen LogP contribution < -0.4 is 10.5 Å². The molecule has 5 nitrogen and oxygen atoms in total. The van der Waals surface area contributed by atoms with Gasteiger partial charge >= 0.3 is 0 Å². The molecular formula is C11H9FN4O. The van der Waals surface area contributed by atoms with Gasteiger partial charge in [-0.3, -0.25) is 5.41 Å². The summed E-state index contributed by atoms with van der Waals surface area (Å²) in [6.45, 7) is 0. The molecule has 1 aromatic carbocycles. The molecule has 0 amide bonds. The normalized spacial score (nSPS) is 9.94. The van der Waals surface area contributed by atoms with Gasteiger partial charge in [-0.1, -0.05) is 0 Å². The van der Waals surface area contributed by atoms with Crippen LogP contribution in [0.4, 0.5) is 4.39 Å². The second-order valence-corrected chi connectivity index (χ2v) is 3.21. The lowest BCUT2D eigenvalue weighted by Crippen LogP contribution is -2.13. The van der Waals surface area contributed by atoms with Crippen molar-refractivity contribution in [3.63, 3.8) is 0 Å². The van der Waals surface area contributed by atoms with E-state index in [1.807, 2.05) is 0 Å². The van der Waals surface area contributed by atoms with E-state index in [1.165, 1.54) is 36.7 Å². The molecule has 3 N–H and O–H groups in total. The second-order valence-electron chi connectivity index (χ2n) is 3.21. The molecule has 1 heterocycles. The molecule has 0 fully saturated rings. The molecular weight excluding hydrogens is 223 g/mol. The van der Waals surface area contributed by atoms with Gasteiger partial charge in [0.1, 0.15) is 23.1 Å². The lowest BCUT2D eigenvalue weighted by atomic mass is 10.3. The average Bonchev–Trinajstić information content (AvgIpc) is 2.33. The highest BCUT2D eigenvalue weighted by Crippen LogP contribution is 2.18. The Hall–Kier alpha value is -2.50. The maximum Gasteiger partial charge on any atom is 0.237 e. The van der Waals surface area contributed by atoms with Gasteiger partial charge in [0, 0.05) is 0 Å². The van der Waals surface area contributed by atoms with Gasteiger partial charge < -0.3 is 10.5 Å². The summed E-state index contributed by atoms with van der Waals surface area (Å²) >= 11 is 0. The highest BCUT2D eigenvalue weighted by Gasteiger charge is 2.02. The molecule has 0 bridgehead atoms. The summed E-state index contributed by atoms with van der Waals surface area (Å²) in [6.07, 6.45) is 2.68. The number of nitrogen functional groups attached to an aromatic ring is 1. The minimum absolute atomic E-state index is 0.161. The van der Waals surface area contributed by atoms with Gasteiger partial charge in [0.25, 0.3) is 0 Å². The number of nitrogens with zero attached hydrogens (tertiary/aromatic N) is 2. The molecule has 0 saturated heterocycles. The predicted molar refractivity (Wildman–Crippen MR) is 59.5 cm³/mol. The Morgan fingerprint density at radius 2 is 1.88 bits per heavy atom. The minimum atomic E-state index is -0.338. The third-order valence-corrected chi connectivity index (χ3v) is 1.94. The van der Waals surface area contributed by atoms with E-state index in [9.17, 15) is 4.39 Å². The standard InChI is InChI=1S/C11H9FN4O/c12-7-1-3-8(4-2-7)17-10-6-15-9(5-16-10)11(13)14/h1-6H,(H3,13,14). The van der Waals surface area contributed by atoms with Crippen LogP contribution in [0.15, 0.2) is 36.7 Å². The first kappa shape index (κ1) is 11.0. The van der Waals surface area contributed by atoms with Crippen LogP contribution in [0.5, 0.6) is 11.6 Å². The third kappa shape index (κ3) is 2.75. The average molecular weight is 232 g/mol. The van der Waals surface area contributed by atoms with Gasteiger partial charge in [0.15, 0.2) is 0 Å². The zero-order valence-electron chi connectivity index (χ0n) is 8.72. The maximum atomic E-state index is 12.6. The number of amidine groups is 1. The Labute approximate surface area is 96.6 Å². The highest BCUT2D eigenvalue weighted by molar-refractivity contribution is 5.92. The number of hydrogen-bond donors (Lipinski definition) is 2. The van der Waals surface area contributed by atoms with Crippen molar-refractivity contribution < 1.29 is 9.13 Å². The fourth-order valence-corrected chi connectivity index (χ4v) is 1.13. The number of ether oxygens (including phenoxy) is 1. The van der Waals surface area contributed by atoms with Crippen molar-refractivity contribution in [1.29, 1.82) is 5.41 Å². The van der Waals surface area contributed by atoms with Crippen LogP contribution in [0.3, 0.4) is 0 Å². The Bertz CT molecular complexity index is 524. The summed E-state index contributed by atoms with van der Waals surface area (Å²) in [5, 5.41) is 7.14. The summed E-state index contributed by atoms with van der Waals surface area (Å²) in [5.74, 6) is 0.207. The summed E-state index contributed by atoms with van der Waals surface area (Å²) in [6, 6.07) is 5.53. The molecule has 0 atom stereocenters. The van der Waals surface area contributed by atoms with E-state index in [-0.39, 0.29) is 23.2 Å². The van der Waals surface area contributed by atoms with Crippen LogP contribution in [-0.2, 0) is 0 Å².